The minimum atomic E-state index is -0.199. The molecule has 1 aromatic heterocycles. The van der Waals surface area contributed by atoms with Crippen molar-refractivity contribution >= 4 is 34.7 Å². The highest BCUT2D eigenvalue weighted by atomic mass is 35.5. The fourth-order valence-electron chi connectivity index (χ4n) is 1.38. The van der Waals surface area contributed by atoms with E-state index in [4.69, 9.17) is 11.6 Å². The summed E-state index contributed by atoms with van der Waals surface area (Å²) in [6.45, 7) is 1.76. The highest BCUT2D eigenvalue weighted by Crippen LogP contribution is 2.19. The molecular formula is C11H10ClN3OS. The van der Waals surface area contributed by atoms with Crippen molar-refractivity contribution in [2.24, 2.45) is 0 Å². The Labute approximate surface area is 108 Å². The van der Waals surface area contributed by atoms with Crippen molar-refractivity contribution in [1.82, 2.24) is 9.59 Å². The molecule has 1 amide bonds. The maximum atomic E-state index is 11.9. The average Bonchev–Trinajstić information content (AvgIpc) is 2.76. The third kappa shape index (κ3) is 2.62. The van der Waals surface area contributed by atoms with E-state index in [9.17, 15) is 4.79 Å². The minimum absolute atomic E-state index is 0.199. The molecule has 0 aliphatic heterocycles. The second-order valence-electron chi connectivity index (χ2n) is 3.43. The summed E-state index contributed by atoms with van der Waals surface area (Å²) in [6.07, 6.45) is 0. The smallest absolute Gasteiger partial charge is 0.269 e. The quantitative estimate of drug-likeness (QED) is 0.870. The Morgan fingerprint density at radius 3 is 2.88 bits per heavy atom. The van der Waals surface area contributed by atoms with Gasteiger partial charge in [0.05, 0.1) is 5.69 Å². The molecule has 1 aromatic carbocycles. The fraction of sp³-hybridized carbons (Fsp3) is 0.182. The molecule has 0 spiro atoms. The zero-order valence-corrected chi connectivity index (χ0v) is 10.7. The topological polar surface area (TPSA) is 54.9 Å². The molecule has 0 fully saturated rings. The molecule has 1 heterocycles. The number of aryl methyl sites for hydroxylation is 1. The number of hydrogen-bond donors (Lipinski definition) is 1. The van der Waals surface area contributed by atoms with Gasteiger partial charge in [-0.15, -0.1) is 16.7 Å². The minimum Gasteiger partial charge on any atom is -0.321 e. The Balaban J connectivity index is 2.22. The third-order valence-electron chi connectivity index (χ3n) is 2.27. The number of carbonyl (C=O) groups excluding carboxylic acids is 1. The summed E-state index contributed by atoms with van der Waals surface area (Å²) in [6, 6.07) is 7.43. The monoisotopic (exact) mass is 267 g/mol. The lowest BCUT2D eigenvalue weighted by molar-refractivity contribution is 0.102. The fourth-order valence-corrected chi connectivity index (χ4v) is 2.16. The van der Waals surface area contributed by atoms with Gasteiger partial charge in [0.2, 0.25) is 0 Å². The van der Waals surface area contributed by atoms with Crippen LogP contribution in [0.5, 0.6) is 0 Å². The van der Waals surface area contributed by atoms with Crippen molar-refractivity contribution in [3.8, 4) is 0 Å². The van der Waals surface area contributed by atoms with Crippen LogP contribution in [0.2, 0.25) is 0 Å². The maximum absolute atomic E-state index is 11.9. The van der Waals surface area contributed by atoms with Crippen LogP contribution in [0.25, 0.3) is 0 Å². The van der Waals surface area contributed by atoms with Crippen molar-refractivity contribution < 1.29 is 4.79 Å². The Hall–Kier alpha value is -1.46. The number of rotatable bonds is 3. The van der Waals surface area contributed by atoms with Gasteiger partial charge in [-0.05, 0) is 30.1 Å². The van der Waals surface area contributed by atoms with Crippen LogP contribution in [-0.2, 0) is 5.88 Å². The van der Waals surface area contributed by atoms with Gasteiger partial charge in [-0.25, -0.2) is 0 Å². The van der Waals surface area contributed by atoms with Crippen LogP contribution in [0.3, 0.4) is 0 Å². The van der Waals surface area contributed by atoms with E-state index in [-0.39, 0.29) is 5.91 Å². The van der Waals surface area contributed by atoms with E-state index in [2.05, 4.69) is 14.9 Å². The first kappa shape index (κ1) is 12.0. The number of carbonyl (C=O) groups is 1. The lowest BCUT2D eigenvalue weighted by atomic mass is 10.2. The largest absolute Gasteiger partial charge is 0.321 e. The Kier molecular flexibility index (Phi) is 3.71. The standard InChI is InChI=1S/C11H10ClN3OS/c1-7-10(17-15-14-7)11(16)13-9-5-3-2-4-8(9)6-12/h2-5H,6H2,1H3,(H,13,16). The van der Waals surface area contributed by atoms with Gasteiger partial charge in [-0.3, -0.25) is 4.79 Å². The van der Waals surface area contributed by atoms with E-state index >= 15 is 0 Å². The summed E-state index contributed by atoms with van der Waals surface area (Å²) in [5.41, 5.74) is 2.24. The first-order valence-corrected chi connectivity index (χ1v) is 6.27. The number of nitrogens with one attached hydrogen (secondary N) is 1. The zero-order valence-electron chi connectivity index (χ0n) is 9.11. The molecule has 1 N–H and O–H groups in total. The van der Waals surface area contributed by atoms with Crippen LogP contribution >= 0.6 is 23.1 Å². The van der Waals surface area contributed by atoms with Crippen LogP contribution < -0.4 is 5.32 Å². The SMILES string of the molecule is Cc1nnsc1C(=O)Nc1ccccc1CCl. The van der Waals surface area contributed by atoms with Gasteiger partial charge in [0.15, 0.2) is 0 Å². The number of benzene rings is 1. The predicted octanol–water partition coefficient (Wildman–Crippen LogP) is 2.84. The van der Waals surface area contributed by atoms with Crippen molar-refractivity contribution in [3.63, 3.8) is 0 Å². The molecular weight excluding hydrogens is 258 g/mol. The molecule has 2 aromatic rings. The van der Waals surface area contributed by atoms with E-state index in [1.54, 1.807) is 6.92 Å². The van der Waals surface area contributed by atoms with E-state index < -0.39 is 0 Å². The third-order valence-corrected chi connectivity index (χ3v) is 3.38. The molecule has 0 bridgehead atoms. The Morgan fingerprint density at radius 2 is 2.24 bits per heavy atom. The van der Waals surface area contributed by atoms with Crippen LogP contribution in [0.4, 0.5) is 5.69 Å². The van der Waals surface area contributed by atoms with Crippen LogP contribution in [0.1, 0.15) is 20.9 Å². The van der Waals surface area contributed by atoms with E-state index in [0.717, 1.165) is 22.8 Å². The Morgan fingerprint density at radius 1 is 1.47 bits per heavy atom. The number of amides is 1. The summed E-state index contributed by atoms with van der Waals surface area (Å²) in [4.78, 5) is 12.5. The van der Waals surface area contributed by atoms with Gasteiger partial charge >= 0.3 is 0 Å². The van der Waals surface area contributed by atoms with Crippen molar-refractivity contribution in [3.05, 3.63) is 40.4 Å². The van der Waals surface area contributed by atoms with Crippen molar-refractivity contribution in [2.75, 3.05) is 5.32 Å². The second kappa shape index (κ2) is 5.25. The van der Waals surface area contributed by atoms with Crippen LogP contribution in [0.15, 0.2) is 24.3 Å². The zero-order chi connectivity index (χ0) is 12.3. The van der Waals surface area contributed by atoms with Gasteiger partial charge in [-0.1, -0.05) is 22.7 Å². The summed E-state index contributed by atoms with van der Waals surface area (Å²) in [5.74, 6) is 0.159. The van der Waals surface area contributed by atoms with Crippen LogP contribution in [0, 0.1) is 6.92 Å². The maximum Gasteiger partial charge on any atom is 0.269 e. The molecule has 0 unspecified atom stereocenters. The van der Waals surface area contributed by atoms with Crippen molar-refractivity contribution in [2.45, 2.75) is 12.8 Å². The molecule has 0 radical (unpaired) electrons. The summed E-state index contributed by atoms with van der Waals surface area (Å²) < 4.78 is 3.73. The van der Waals surface area contributed by atoms with Gasteiger partial charge in [-0.2, -0.15) is 0 Å². The number of hydrogen-bond acceptors (Lipinski definition) is 4. The first-order valence-electron chi connectivity index (χ1n) is 4.96. The number of halogens is 1. The average molecular weight is 268 g/mol. The molecule has 88 valence electrons. The molecule has 2 rings (SSSR count). The first-order chi connectivity index (χ1) is 8.22. The Bertz CT molecular complexity index is 541. The van der Waals surface area contributed by atoms with Crippen LogP contribution in [-0.4, -0.2) is 15.5 Å². The van der Waals surface area contributed by atoms with Gasteiger partial charge in [0, 0.05) is 11.6 Å². The lowest BCUT2D eigenvalue weighted by Crippen LogP contribution is -2.12. The van der Waals surface area contributed by atoms with E-state index in [1.807, 2.05) is 24.3 Å². The molecule has 0 aliphatic carbocycles. The van der Waals surface area contributed by atoms with Gasteiger partial charge in [0.1, 0.15) is 4.88 Å². The summed E-state index contributed by atoms with van der Waals surface area (Å²) in [7, 11) is 0. The lowest BCUT2D eigenvalue weighted by Gasteiger charge is -2.07. The highest BCUT2D eigenvalue weighted by Gasteiger charge is 2.14. The number of aromatic nitrogens is 2. The molecule has 0 saturated carbocycles. The number of para-hydroxylation sites is 1. The van der Waals surface area contributed by atoms with E-state index in [1.165, 1.54) is 0 Å². The van der Waals surface area contributed by atoms with Crippen molar-refractivity contribution in [1.29, 1.82) is 0 Å². The predicted molar refractivity (Wildman–Crippen MR) is 68.6 cm³/mol. The number of anilines is 1. The van der Waals surface area contributed by atoms with E-state index in [0.29, 0.717) is 16.5 Å². The highest BCUT2D eigenvalue weighted by molar-refractivity contribution is 7.08. The number of nitrogens with zero attached hydrogens (tertiary/aromatic N) is 2. The molecule has 0 saturated heterocycles. The van der Waals surface area contributed by atoms with Gasteiger partial charge in [0.25, 0.3) is 5.91 Å². The molecule has 0 aliphatic rings. The summed E-state index contributed by atoms with van der Waals surface area (Å²) in [5, 5.41) is 6.62. The molecule has 4 nitrogen and oxygen atoms in total. The normalized spacial score (nSPS) is 10.2. The number of alkyl halides is 1. The molecule has 17 heavy (non-hydrogen) atoms. The summed E-state index contributed by atoms with van der Waals surface area (Å²) >= 11 is 6.88. The second-order valence-corrected chi connectivity index (χ2v) is 4.45. The molecule has 0 atom stereocenters. The molecule has 6 heteroatoms. The van der Waals surface area contributed by atoms with Gasteiger partial charge < -0.3 is 5.32 Å².